The van der Waals surface area contributed by atoms with Gasteiger partial charge in [-0.2, -0.15) is 0 Å². The van der Waals surface area contributed by atoms with Crippen LogP contribution in [0.3, 0.4) is 0 Å². The Morgan fingerprint density at radius 1 is 1.00 bits per heavy atom. The third kappa shape index (κ3) is 2.22. The summed E-state index contributed by atoms with van der Waals surface area (Å²) in [6.45, 7) is 2.17. The Labute approximate surface area is 153 Å². The molecule has 1 N–H and O–H groups in total. The molecule has 3 aromatic carbocycles. The van der Waals surface area contributed by atoms with Crippen LogP contribution < -0.4 is 5.32 Å². The van der Waals surface area contributed by atoms with Crippen LogP contribution >= 0.6 is 11.6 Å². The molecule has 3 unspecified atom stereocenters. The van der Waals surface area contributed by atoms with Crippen LogP contribution in [0.5, 0.6) is 0 Å². The smallest absolute Gasteiger partial charge is 0.0560 e. The second-order valence-electron chi connectivity index (χ2n) is 7.20. The van der Waals surface area contributed by atoms with E-state index in [9.17, 15) is 0 Å². The van der Waals surface area contributed by atoms with Crippen molar-refractivity contribution in [2.24, 2.45) is 5.92 Å². The van der Waals surface area contributed by atoms with Gasteiger partial charge in [0.25, 0.3) is 0 Å². The number of benzene rings is 3. The van der Waals surface area contributed by atoms with Crippen LogP contribution in [0.2, 0.25) is 5.02 Å². The standard InChI is InChI=1S/C23H20ClN/c1-14-12-13-20(24)21-17-9-5-11-19(17)23(25-22(14)21)18-10-4-7-15-6-2-3-8-16(15)18/h2-10,12-13,17,19,23,25H,11H2,1H3. The van der Waals surface area contributed by atoms with E-state index < -0.39 is 0 Å². The molecule has 0 amide bonds. The van der Waals surface area contributed by atoms with Gasteiger partial charge in [0.1, 0.15) is 0 Å². The molecule has 0 saturated carbocycles. The summed E-state index contributed by atoms with van der Waals surface area (Å²) in [5, 5.41) is 7.39. The first-order chi connectivity index (χ1) is 12.2. The summed E-state index contributed by atoms with van der Waals surface area (Å²) >= 11 is 6.60. The van der Waals surface area contributed by atoms with Crippen LogP contribution in [0.25, 0.3) is 10.8 Å². The van der Waals surface area contributed by atoms with Gasteiger partial charge in [-0.3, -0.25) is 0 Å². The molecule has 124 valence electrons. The Morgan fingerprint density at radius 2 is 1.84 bits per heavy atom. The van der Waals surface area contributed by atoms with E-state index in [-0.39, 0.29) is 0 Å². The van der Waals surface area contributed by atoms with Crippen molar-refractivity contribution < 1.29 is 0 Å². The number of aryl methyl sites for hydroxylation is 1. The van der Waals surface area contributed by atoms with Crippen molar-refractivity contribution in [3.8, 4) is 0 Å². The first-order valence-corrected chi connectivity index (χ1v) is 9.31. The average molecular weight is 346 g/mol. The molecule has 0 bridgehead atoms. The lowest BCUT2D eigenvalue weighted by Gasteiger charge is -2.39. The fourth-order valence-corrected chi connectivity index (χ4v) is 4.92. The molecule has 0 radical (unpaired) electrons. The highest BCUT2D eigenvalue weighted by Crippen LogP contribution is 2.53. The topological polar surface area (TPSA) is 12.0 Å². The monoisotopic (exact) mass is 345 g/mol. The van der Waals surface area contributed by atoms with Gasteiger partial charge in [-0.15, -0.1) is 0 Å². The van der Waals surface area contributed by atoms with Crippen LogP contribution in [0.15, 0.2) is 66.7 Å². The summed E-state index contributed by atoms with van der Waals surface area (Å²) in [7, 11) is 0. The van der Waals surface area contributed by atoms with E-state index in [2.05, 4.69) is 72.9 Å². The van der Waals surface area contributed by atoms with E-state index in [0.717, 1.165) is 11.4 Å². The Morgan fingerprint density at radius 3 is 2.76 bits per heavy atom. The van der Waals surface area contributed by atoms with Gasteiger partial charge >= 0.3 is 0 Å². The molecule has 25 heavy (non-hydrogen) atoms. The molecular formula is C23H20ClN. The van der Waals surface area contributed by atoms with E-state index in [0.29, 0.717) is 17.9 Å². The molecule has 3 atom stereocenters. The number of anilines is 1. The molecule has 0 aromatic heterocycles. The van der Waals surface area contributed by atoms with Gasteiger partial charge in [0.15, 0.2) is 0 Å². The molecule has 2 heteroatoms. The van der Waals surface area contributed by atoms with Crippen molar-refractivity contribution in [3.63, 3.8) is 0 Å². The molecule has 1 heterocycles. The van der Waals surface area contributed by atoms with Crippen LogP contribution in [-0.4, -0.2) is 0 Å². The summed E-state index contributed by atoms with van der Waals surface area (Å²) < 4.78 is 0. The maximum atomic E-state index is 6.60. The Balaban J connectivity index is 1.72. The average Bonchev–Trinajstić information content (AvgIpc) is 3.13. The van der Waals surface area contributed by atoms with Crippen molar-refractivity contribution in [2.75, 3.05) is 5.32 Å². The van der Waals surface area contributed by atoms with Crippen LogP contribution in [-0.2, 0) is 0 Å². The number of rotatable bonds is 1. The minimum Gasteiger partial charge on any atom is -0.377 e. The maximum Gasteiger partial charge on any atom is 0.0560 e. The first kappa shape index (κ1) is 15.0. The lowest BCUT2D eigenvalue weighted by Crippen LogP contribution is -2.30. The third-order valence-corrected chi connectivity index (χ3v) is 6.16. The summed E-state index contributed by atoms with van der Waals surface area (Å²) in [4.78, 5) is 0. The number of hydrogen-bond donors (Lipinski definition) is 1. The molecule has 1 aliphatic heterocycles. The minimum atomic E-state index is 0.302. The largest absolute Gasteiger partial charge is 0.377 e. The molecule has 0 saturated heterocycles. The fourth-order valence-electron chi connectivity index (χ4n) is 4.64. The van der Waals surface area contributed by atoms with Crippen LogP contribution in [0, 0.1) is 12.8 Å². The van der Waals surface area contributed by atoms with Crippen molar-refractivity contribution in [1.82, 2.24) is 0 Å². The Kier molecular flexibility index (Phi) is 3.39. The molecule has 2 aliphatic rings. The predicted octanol–water partition coefficient (Wildman–Crippen LogP) is 6.63. The van der Waals surface area contributed by atoms with Gasteiger partial charge < -0.3 is 5.32 Å². The van der Waals surface area contributed by atoms with Crippen molar-refractivity contribution in [1.29, 1.82) is 0 Å². The van der Waals surface area contributed by atoms with E-state index >= 15 is 0 Å². The third-order valence-electron chi connectivity index (χ3n) is 5.83. The highest BCUT2D eigenvalue weighted by molar-refractivity contribution is 6.32. The number of halogens is 1. The van der Waals surface area contributed by atoms with Crippen molar-refractivity contribution >= 4 is 28.1 Å². The number of allylic oxidation sites excluding steroid dienone is 2. The van der Waals surface area contributed by atoms with Gasteiger partial charge in [0.2, 0.25) is 0 Å². The van der Waals surface area contributed by atoms with E-state index in [1.165, 1.54) is 33.2 Å². The van der Waals surface area contributed by atoms with Crippen molar-refractivity contribution in [2.45, 2.75) is 25.3 Å². The molecule has 0 spiro atoms. The van der Waals surface area contributed by atoms with Crippen molar-refractivity contribution in [3.05, 3.63) is 88.5 Å². The second kappa shape index (κ2) is 5.64. The summed E-state index contributed by atoms with van der Waals surface area (Å²) in [5.74, 6) is 0.908. The van der Waals surface area contributed by atoms with Gasteiger partial charge in [-0.1, -0.05) is 72.3 Å². The Bertz CT molecular complexity index is 999. The maximum absolute atomic E-state index is 6.60. The number of fused-ring (bicyclic) bond motifs is 4. The zero-order valence-corrected chi connectivity index (χ0v) is 14.9. The Hall–Kier alpha value is -2.25. The van der Waals surface area contributed by atoms with Gasteiger partial charge in [-0.05, 0) is 47.2 Å². The molecule has 5 rings (SSSR count). The highest BCUT2D eigenvalue weighted by Gasteiger charge is 2.39. The van der Waals surface area contributed by atoms with Crippen LogP contribution in [0.4, 0.5) is 5.69 Å². The normalized spacial score (nSPS) is 24.0. The SMILES string of the molecule is Cc1ccc(Cl)c2c1NC(c1cccc3ccccc13)C1CC=CC21. The summed E-state index contributed by atoms with van der Waals surface area (Å²) in [6.07, 6.45) is 5.77. The van der Waals surface area contributed by atoms with E-state index in [4.69, 9.17) is 11.6 Å². The summed E-state index contributed by atoms with van der Waals surface area (Å²) in [5.41, 5.74) is 5.15. The number of hydrogen-bond acceptors (Lipinski definition) is 1. The van der Waals surface area contributed by atoms with Gasteiger partial charge in [0.05, 0.1) is 6.04 Å². The first-order valence-electron chi connectivity index (χ1n) is 8.94. The predicted molar refractivity (Wildman–Crippen MR) is 106 cm³/mol. The molecule has 0 fully saturated rings. The van der Waals surface area contributed by atoms with Gasteiger partial charge in [0, 0.05) is 22.2 Å². The minimum absolute atomic E-state index is 0.302. The molecular weight excluding hydrogens is 326 g/mol. The van der Waals surface area contributed by atoms with Crippen LogP contribution in [0.1, 0.15) is 35.1 Å². The second-order valence-corrected chi connectivity index (χ2v) is 7.60. The van der Waals surface area contributed by atoms with Gasteiger partial charge in [-0.25, -0.2) is 0 Å². The number of nitrogens with one attached hydrogen (secondary N) is 1. The highest BCUT2D eigenvalue weighted by atomic mass is 35.5. The molecule has 3 aromatic rings. The quantitative estimate of drug-likeness (QED) is 0.488. The molecule has 1 aliphatic carbocycles. The zero-order chi connectivity index (χ0) is 17.0. The lowest BCUT2D eigenvalue weighted by molar-refractivity contribution is 0.427. The zero-order valence-electron chi connectivity index (χ0n) is 14.2. The lowest BCUT2D eigenvalue weighted by atomic mass is 9.75. The summed E-state index contributed by atoms with van der Waals surface area (Å²) in [6, 6.07) is 19.8. The van der Waals surface area contributed by atoms with E-state index in [1.54, 1.807) is 0 Å². The fraction of sp³-hybridized carbons (Fsp3) is 0.217. The van der Waals surface area contributed by atoms with E-state index in [1.807, 2.05) is 6.07 Å². The molecule has 1 nitrogen and oxygen atoms in total.